The van der Waals surface area contributed by atoms with E-state index in [0.29, 0.717) is 11.5 Å². The zero-order chi connectivity index (χ0) is 15.4. The predicted molar refractivity (Wildman–Crippen MR) is 94.7 cm³/mol. The second kappa shape index (κ2) is 7.81. The Hall–Kier alpha value is -2.06. The maximum absolute atomic E-state index is 10.8. The first-order valence-electron chi connectivity index (χ1n) is 7.09. The van der Waals surface area contributed by atoms with E-state index in [-0.39, 0.29) is 12.4 Å². The summed E-state index contributed by atoms with van der Waals surface area (Å²) in [5.41, 5.74) is 4.99. The van der Waals surface area contributed by atoms with Gasteiger partial charge in [0.15, 0.2) is 0 Å². The zero-order valence-electron chi connectivity index (χ0n) is 13.0. The van der Waals surface area contributed by atoms with Gasteiger partial charge in [-0.05, 0) is 47.2 Å². The fraction of sp³-hybridized carbons (Fsp3) is 0.211. The summed E-state index contributed by atoms with van der Waals surface area (Å²) in [5.74, 6) is -0.363. The molecule has 0 unspecified atom stereocenters. The van der Waals surface area contributed by atoms with Gasteiger partial charge in [-0.2, -0.15) is 0 Å². The summed E-state index contributed by atoms with van der Waals surface area (Å²) in [5, 5.41) is 8.89. The highest BCUT2D eigenvalue weighted by atomic mass is 35.5. The van der Waals surface area contributed by atoms with Gasteiger partial charge in [-0.1, -0.05) is 56.3 Å². The normalized spacial score (nSPS) is 11.2. The van der Waals surface area contributed by atoms with Crippen LogP contribution in [0.4, 0.5) is 0 Å². The lowest BCUT2D eigenvalue weighted by Gasteiger charge is -2.07. The van der Waals surface area contributed by atoms with Crippen LogP contribution in [-0.2, 0) is 0 Å². The minimum atomic E-state index is -0.897. The lowest BCUT2D eigenvalue weighted by atomic mass is 9.98. The third-order valence-electron chi connectivity index (χ3n) is 3.57. The van der Waals surface area contributed by atoms with E-state index in [1.54, 1.807) is 12.1 Å². The average molecular weight is 317 g/mol. The van der Waals surface area contributed by atoms with Gasteiger partial charge in [-0.15, -0.1) is 12.4 Å². The molecule has 0 aromatic heterocycles. The van der Waals surface area contributed by atoms with E-state index in [1.807, 2.05) is 12.1 Å². The molecule has 2 aromatic carbocycles. The summed E-state index contributed by atoms with van der Waals surface area (Å²) in [7, 11) is 0. The van der Waals surface area contributed by atoms with Crippen molar-refractivity contribution < 1.29 is 9.90 Å². The van der Waals surface area contributed by atoms with Crippen LogP contribution in [0.1, 0.15) is 53.7 Å². The quantitative estimate of drug-likeness (QED) is 0.757. The average Bonchev–Trinajstić information content (AvgIpc) is 2.47. The van der Waals surface area contributed by atoms with Crippen molar-refractivity contribution in [2.45, 2.75) is 26.7 Å². The lowest BCUT2D eigenvalue weighted by molar-refractivity contribution is 0.0697. The molecular weight excluding hydrogens is 296 g/mol. The van der Waals surface area contributed by atoms with Gasteiger partial charge in [0.1, 0.15) is 0 Å². The molecule has 0 aliphatic carbocycles. The number of halogens is 1. The van der Waals surface area contributed by atoms with Crippen LogP contribution in [0.3, 0.4) is 0 Å². The summed E-state index contributed by atoms with van der Waals surface area (Å²) in [4.78, 5) is 10.8. The third-order valence-corrected chi connectivity index (χ3v) is 3.57. The minimum absolute atomic E-state index is 0. The molecule has 0 amide bonds. The van der Waals surface area contributed by atoms with Crippen molar-refractivity contribution in [2.75, 3.05) is 0 Å². The van der Waals surface area contributed by atoms with Crippen LogP contribution < -0.4 is 0 Å². The number of carboxylic acid groups (broad SMARTS) is 1. The lowest BCUT2D eigenvalue weighted by Crippen LogP contribution is -1.94. The minimum Gasteiger partial charge on any atom is -0.478 e. The number of allylic oxidation sites excluding steroid dienone is 1. The molecule has 0 aliphatic rings. The molecule has 3 heteroatoms. The highest BCUT2D eigenvalue weighted by Crippen LogP contribution is 2.21. The SMILES string of the molecule is CC(=Cc1ccc(C(=O)O)cc1)c1ccc(C(C)C)cc1.Cl. The Morgan fingerprint density at radius 1 is 0.955 bits per heavy atom. The Labute approximate surface area is 137 Å². The summed E-state index contributed by atoms with van der Waals surface area (Å²) in [6, 6.07) is 15.5. The third kappa shape index (κ3) is 4.47. The van der Waals surface area contributed by atoms with Gasteiger partial charge >= 0.3 is 5.97 Å². The topological polar surface area (TPSA) is 37.3 Å². The molecular formula is C19H21ClO2. The van der Waals surface area contributed by atoms with Crippen molar-refractivity contribution in [1.82, 2.24) is 0 Å². The zero-order valence-corrected chi connectivity index (χ0v) is 13.9. The Morgan fingerprint density at radius 2 is 1.45 bits per heavy atom. The van der Waals surface area contributed by atoms with E-state index >= 15 is 0 Å². The molecule has 0 fully saturated rings. The van der Waals surface area contributed by atoms with Gasteiger partial charge in [-0.25, -0.2) is 4.79 Å². The Morgan fingerprint density at radius 3 is 1.91 bits per heavy atom. The van der Waals surface area contributed by atoms with Crippen LogP contribution >= 0.6 is 12.4 Å². The van der Waals surface area contributed by atoms with Gasteiger partial charge in [-0.3, -0.25) is 0 Å². The molecule has 2 rings (SSSR count). The number of carbonyl (C=O) groups is 1. The molecule has 0 spiro atoms. The van der Waals surface area contributed by atoms with Crippen molar-refractivity contribution in [3.05, 3.63) is 70.8 Å². The molecule has 0 saturated heterocycles. The molecule has 0 atom stereocenters. The van der Waals surface area contributed by atoms with Gasteiger partial charge in [0.05, 0.1) is 5.56 Å². The van der Waals surface area contributed by atoms with Crippen LogP contribution in [-0.4, -0.2) is 11.1 Å². The van der Waals surface area contributed by atoms with Crippen LogP contribution in [0, 0.1) is 0 Å². The predicted octanol–water partition coefficient (Wildman–Crippen LogP) is 5.49. The number of hydrogen-bond donors (Lipinski definition) is 1. The molecule has 0 radical (unpaired) electrons. The first-order valence-corrected chi connectivity index (χ1v) is 7.09. The standard InChI is InChI=1S/C19H20O2.ClH/c1-13(2)16-8-10-17(11-9-16)14(3)12-15-4-6-18(7-5-15)19(20)21;/h4-13H,1-3H3,(H,20,21);1H. The molecule has 116 valence electrons. The fourth-order valence-electron chi connectivity index (χ4n) is 2.19. The second-order valence-electron chi connectivity index (χ2n) is 5.53. The van der Waals surface area contributed by atoms with Crippen molar-refractivity contribution in [1.29, 1.82) is 0 Å². The fourth-order valence-corrected chi connectivity index (χ4v) is 2.19. The number of carboxylic acids is 1. The van der Waals surface area contributed by atoms with E-state index < -0.39 is 5.97 Å². The highest BCUT2D eigenvalue weighted by Gasteiger charge is 2.02. The monoisotopic (exact) mass is 316 g/mol. The molecule has 2 nitrogen and oxygen atoms in total. The smallest absolute Gasteiger partial charge is 0.335 e. The molecule has 0 heterocycles. The van der Waals surface area contributed by atoms with Crippen LogP contribution in [0.15, 0.2) is 48.5 Å². The van der Waals surface area contributed by atoms with Gasteiger partial charge in [0.2, 0.25) is 0 Å². The van der Waals surface area contributed by atoms with Crippen LogP contribution in [0.25, 0.3) is 11.6 Å². The molecule has 2 aromatic rings. The number of aromatic carboxylic acids is 1. The molecule has 0 bridgehead atoms. The highest BCUT2D eigenvalue weighted by molar-refractivity contribution is 5.88. The second-order valence-corrected chi connectivity index (χ2v) is 5.53. The molecule has 0 aliphatic heterocycles. The maximum atomic E-state index is 10.8. The van der Waals surface area contributed by atoms with Crippen LogP contribution in [0.2, 0.25) is 0 Å². The van der Waals surface area contributed by atoms with E-state index in [4.69, 9.17) is 5.11 Å². The Kier molecular flexibility index (Phi) is 6.39. The first-order chi connectivity index (χ1) is 9.97. The van der Waals surface area contributed by atoms with E-state index in [9.17, 15) is 4.79 Å². The van der Waals surface area contributed by atoms with Crippen molar-refractivity contribution in [3.8, 4) is 0 Å². The molecule has 22 heavy (non-hydrogen) atoms. The largest absolute Gasteiger partial charge is 0.478 e. The van der Waals surface area contributed by atoms with E-state index in [2.05, 4.69) is 51.1 Å². The van der Waals surface area contributed by atoms with Crippen molar-refractivity contribution in [2.24, 2.45) is 0 Å². The van der Waals surface area contributed by atoms with E-state index in [1.165, 1.54) is 11.1 Å². The summed E-state index contributed by atoms with van der Waals surface area (Å²) >= 11 is 0. The molecule has 0 saturated carbocycles. The number of rotatable bonds is 4. The Bertz CT molecular complexity index is 653. The van der Waals surface area contributed by atoms with Gasteiger partial charge in [0, 0.05) is 0 Å². The molecule has 1 N–H and O–H groups in total. The van der Waals surface area contributed by atoms with E-state index in [0.717, 1.165) is 11.1 Å². The number of benzene rings is 2. The summed E-state index contributed by atoms with van der Waals surface area (Å²) < 4.78 is 0. The van der Waals surface area contributed by atoms with Gasteiger partial charge < -0.3 is 5.11 Å². The van der Waals surface area contributed by atoms with Crippen molar-refractivity contribution >= 4 is 30.0 Å². The van der Waals surface area contributed by atoms with Crippen LogP contribution in [0.5, 0.6) is 0 Å². The van der Waals surface area contributed by atoms with Gasteiger partial charge in [0.25, 0.3) is 0 Å². The maximum Gasteiger partial charge on any atom is 0.335 e. The first kappa shape index (κ1) is 18.0. The van der Waals surface area contributed by atoms with Crippen molar-refractivity contribution in [3.63, 3.8) is 0 Å². The summed E-state index contributed by atoms with van der Waals surface area (Å²) in [6.45, 7) is 6.43. The Balaban J connectivity index is 0.00000242. The summed E-state index contributed by atoms with van der Waals surface area (Å²) in [6.07, 6.45) is 2.07. The number of hydrogen-bond acceptors (Lipinski definition) is 1.